The van der Waals surface area contributed by atoms with Gasteiger partial charge in [0, 0.05) is 30.6 Å². The minimum Gasteiger partial charge on any atom is -0.381 e. The molecule has 2 aliphatic heterocycles. The molecule has 2 N–H and O–H groups in total. The minimum absolute atomic E-state index is 0.142. The van der Waals surface area contributed by atoms with Gasteiger partial charge in [-0.1, -0.05) is 12.1 Å². The summed E-state index contributed by atoms with van der Waals surface area (Å²) in [5, 5.41) is 10.9. The van der Waals surface area contributed by atoms with Crippen LogP contribution in [0.2, 0.25) is 0 Å². The summed E-state index contributed by atoms with van der Waals surface area (Å²) < 4.78 is 11.0. The summed E-state index contributed by atoms with van der Waals surface area (Å²) in [5.41, 5.74) is 0.356. The van der Waals surface area contributed by atoms with Crippen molar-refractivity contribution in [3.05, 3.63) is 17.5 Å². The molecule has 25 heavy (non-hydrogen) atoms. The molecule has 1 atom stereocenters. The largest absolute Gasteiger partial charge is 0.381 e. The maximum Gasteiger partial charge on any atom is 0.227 e. The molecule has 1 aromatic rings. The number of ether oxygens (including phenoxy) is 1. The molecule has 0 bridgehead atoms. The maximum absolute atomic E-state index is 13.1. The van der Waals surface area contributed by atoms with Gasteiger partial charge in [0.2, 0.25) is 5.91 Å². The number of hydrogen-bond donors (Lipinski definition) is 2. The fraction of sp³-hybridized carbons (Fsp3) is 0.789. The SMILES string of the molecule is CCC(C)(C)NC(=O)C1(Cc2cc([C@H]3CCOC3)no2)CCNCC1. The van der Waals surface area contributed by atoms with Gasteiger partial charge in [-0.25, -0.2) is 0 Å². The molecule has 6 heteroatoms. The van der Waals surface area contributed by atoms with Crippen molar-refractivity contribution in [3.63, 3.8) is 0 Å². The van der Waals surface area contributed by atoms with Gasteiger partial charge in [-0.15, -0.1) is 0 Å². The first kappa shape index (κ1) is 18.4. The molecule has 0 radical (unpaired) electrons. The van der Waals surface area contributed by atoms with E-state index >= 15 is 0 Å². The number of amides is 1. The highest BCUT2D eigenvalue weighted by atomic mass is 16.5. The average molecular weight is 349 g/mol. The van der Waals surface area contributed by atoms with E-state index in [1.54, 1.807) is 0 Å². The standard InChI is InChI=1S/C19H31N3O3/c1-4-18(2,3)21-17(23)19(6-8-20-9-7-19)12-15-11-16(22-25-15)14-5-10-24-13-14/h11,14,20H,4-10,12-13H2,1-3H3,(H,21,23)/t14-/m0/s1. The maximum atomic E-state index is 13.1. The third-order valence-electron chi connectivity index (χ3n) is 5.82. The van der Waals surface area contributed by atoms with Crippen LogP contribution in [0.3, 0.4) is 0 Å². The summed E-state index contributed by atoms with van der Waals surface area (Å²) in [6, 6.07) is 2.03. The molecule has 6 nitrogen and oxygen atoms in total. The van der Waals surface area contributed by atoms with Crippen LogP contribution in [0.15, 0.2) is 10.6 Å². The van der Waals surface area contributed by atoms with E-state index in [4.69, 9.17) is 9.26 Å². The van der Waals surface area contributed by atoms with Gasteiger partial charge in [-0.05, 0) is 52.6 Å². The lowest BCUT2D eigenvalue weighted by Crippen LogP contribution is -2.54. The zero-order valence-corrected chi connectivity index (χ0v) is 15.7. The van der Waals surface area contributed by atoms with E-state index in [9.17, 15) is 4.79 Å². The predicted octanol–water partition coefficient (Wildman–Crippen LogP) is 2.40. The third kappa shape index (κ3) is 4.23. The highest BCUT2D eigenvalue weighted by molar-refractivity contribution is 5.83. The average Bonchev–Trinajstić information content (AvgIpc) is 3.26. The lowest BCUT2D eigenvalue weighted by molar-refractivity contribution is -0.134. The first-order valence-corrected chi connectivity index (χ1v) is 9.51. The molecule has 0 saturated carbocycles. The Labute approximate surface area is 150 Å². The fourth-order valence-electron chi connectivity index (χ4n) is 3.62. The van der Waals surface area contributed by atoms with Gasteiger partial charge >= 0.3 is 0 Å². The van der Waals surface area contributed by atoms with E-state index in [1.165, 1.54) is 0 Å². The van der Waals surface area contributed by atoms with Crippen molar-refractivity contribution >= 4 is 5.91 Å². The van der Waals surface area contributed by atoms with Crippen LogP contribution in [0.5, 0.6) is 0 Å². The van der Waals surface area contributed by atoms with Crippen molar-refractivity contribution in [3.8, 4) is 0 Å². The Hall–Kier alpha value is -1.40. The molecule has 3 rings (SSSR count). The van der Waals surface area contributed by atoms with Gasteiger partial charge in [0.25, 0.3) is 0 Å². The Kier molecular flexibility index (Phi) is 5.49. The zero-order chi connectivity index (χ0) is 17.9. The van der Waals surface area contributed by atoms with Crippen LogP contribution in [0.4, 0.5) is 0 Å². The highest BCUT2D eigenvalue weighted by Gasteiger charge is 2.42. The molecule has 0 spiro atoms. The van der Waals surface area contributed by atoms with Crippen LogP contribution in [-0.4, -0.2) is 42.9 Å². The second-order valence-electron chi connectivity index (χ2n) is 8.18. The van der Waals surface area contributed by atoms with Gasteiger partial charge in [0.15, 0.2) is 0 Å². The second-order valence-corrected chi connectivity index (χ2v) is 8.18. The van der Waals surface area contributed by atoms with Crippen LogP contribution < -0.4 is 10.6 Å². The number of nitrogens with zero attached hydrogens (tertiary/aromatic N) is 1. The predicted molar refractivity (Wildman–Crippen MR) is 95.4 cm³/mol. The normalized spacial score (nSPS) is 23.6. The first-order valence-electron chi connectivity index (χ1n) is 9.51. The van der Waals surface area contributed by atoms with Crippen LogP contribution in [0.25, 0.3) is 0 Å². The Balaban J connectivity index is 1.75. The van der Waals surface area contributed by atoms with Crippen molar-refractivity contribution in [2.75, 3.05) is 26.3 Å². The van der Waals surface area contributed by atoms with Gasteiger partial charge in [0.05, 0.1) is 17.7 Å². The van der Waals surface area contributed by atoms with Crippen molar-refractivity contribution in [1.82, 2.24) is 15.8 Å². The highest BCUT2D eigenvalue weighted by Crippen LogP contribution is 2.35. The Morgan fingerprint density at radius 1 is 1.44 bits per heavy atom. The van der Waals surface area contributed by atoms with Gasteiger partial charge in [0.1, 0.15) is 5.76 Å². The zero-order valence-electron chi connectivity index (χ0n) is 15.7. The molecule has 0 aromatic carbocycles. The number of carbonyl (C=O) groups is 1. The Bertz CT molecular complexity index is 584. The van der Waals surface area contributed by atoms with E-state index in [0.717, 1.165) is 56.8 Å². The number of aromatic nitrogens is 1. The molecule has 2 saturated heterocycles. The molecule has 1 amide bonds. The summed E-state index contributed by atoms with van der Waals surface area (Å²) in [5.74, 6) is 1.28. The van der Waals surface area contributed by atoms with Crippen molar-refractivity contribution in [2.45, 2.75) is 64.3 Å². The van der Waals surface area contributed by atoms with E-state index < -0.39 is 5.41 Å². The monoisotopic (exact) mass is 349 g/mol. The number of hydrogen-bond acceptors (Lipinski definition) is 5. The Morgan fingerprint density at radius 3 is 2.84 bits per heavy atom. The van der Waals surface area contributed by atoms with E-state index in [0.29, 0.717) is 18.9 Å². The summed E-state index contributed by atoms with van der Waals surface area (Å²) in [6.07, 6.45) is 4.15. The van der Waals surface area contributed by atoms with E-state index in [2.05, 4.69) is 36.6 Å². The van der Waals surface area contributed by atoms with Crippen LogP contribution >= 0.6 is 0 Å². The lowest BCUT2D eigenvalue weighted by atomic mass is 9.74. The second kappa shape index (κ2) is 7.46. The van der Waals surface area contributed by atoms with Gasteiger partial charge < -0.3 is 19.9 Å². The number of piperidine rings is 1. The molecule has 1 aromatic heterocycles. The van der Waals surface area contributed by atoms with Gasteiger partial charge in [-0.3, -0.25) is 4.79 Å². The fourth-order valence-corrected chi connectivity index (χ4v) is 3.62. The molecule has 0 unspecified atom stereocenters. The molecular weight excluding hydrogens is 318 g/mol. The number of rotatable bonds is 6. The van der Waals surface area contributed by atoms with E-state index in [-0.39, 0.29) is 11.4 Å². The molecule has 0 aliphatic carbocycles. The minimum atomic E-state index is -0.416. The topological polar surface area (TPSA) is 76.4 Å². The quantitative estimate of drug-likeness (QED) is 0.825. The third-order valence-corrected chi connectivity index (χ3v) is 5.82. The summed E-state index contributed by atoms with van der Waals surface area (Å²) in [7, 11) is 0. The van der Waals surface area contributed by atoms with Gasteiger partial charge in [-0.2, -0.15) is 0 Å². The lowest BCUT2D eigenvalue weighted by Gasteiger charge is -2.38. The molecule has 2 fully saturated rings. The first-order chi connectivity index (χ1) is 11.9. The van der Waals surface area contributed by atoms with Crippen LogP contribution in [0, 0.1) is 5.41 Å². The number of carbonyl (C=O) groups excluding carboxylic acids is 1. The molecular formula is C19H31N3O3. The summed E-state index contributed by atoms with van der Waals surface area (Å²) >= 11 is 0. The van der Waals surface area contributed by atoms with Crippen LogP contribution in [0.1, 0.15) is 63.8 Å². The van der Waals surface area contributed by atoms with Crippen molar-refractivity contribution in [1.29, 1.82) is 0 Å². The number of nitrogens with one attached hydrogen (secondary N) is 2. The smallest absolute Gasteiger partial charge is 0.227 e. The molecule has 2 aliphatic rings. The summed E-state index contributed by atoms with van der Waals surface area (Å²) in [4.78, 5) is 13.1. The molecule has 140 valence electrons. The van der Waals surface area contributed by atoms with Crippen molar-refractivity contribution < 1.29 is 14.1 Å². The van der Waals surface area contributed by atoms with E-state index in [1.807, 2.05) is 6.07 Å². The molecule has 3 heterocycles. The summed E-state index contributed by atoms with van der Waals surface area (Å²) in [6.45, 7) is 9.47. The van der Waals surface area contributed by atoms with Crippen LogP contribution in [-0.2, 0) is 16.0 Å². The van der Waals surface area contributed by atoms with Crippen molar-refractivity contribution in [2.24, 2.45) is 5.41 Å². The Morgan fingerprint density at radius 2 is 2.20 bits per heavy atom.